The van der Waals surface area contributed by atoms with Crippen molar-refractivity contribution in [2.45, 2.75) is 77.5 Å². The predicted octanol–water partition coefficient (Wildman–Crippen LogP) is 4.63. The van der Waals surface area contributed by atoms with Crippen molar-refractivity contribution in [3.63, 3.8) is 0 Å². The number of ether oxygens (including phenoxy) is 2. The van der Waals surface area contributed by atoms with Gasteiger partial charge in [-0.05, 0) is 52.0 Å². The van der Waals surface area contributed by atoms with E-state index in [9.17, 15) is 14.4 Å². The average Bonchev–Trinajstić information content (AvgIpc) is 3.27. The first-order valence-corrected chi connectivity index (χ1v) is 10.5. The third-order valence-electron chi connectivity index (χ3n) is 5.73. The number of carbonyl (C=O) groups excluding carboxylic acids is 3. The lowest BCUT2D eigenvalue weighted by Crippen LogP contribution is -2.44. The number of hydrogen-bond acceptors (Lipinski definition) is 5. The molecular formula is C23H31NO5. The highest BCUT2D eigenvalue weighted by Gasteiger charge is 2.47. The monoisotopic (exact) mass is 401 g/mol. The molecule has 29 heavy (non-hydrogen) atoms. The number of nitrogens with zero attached hydrogens (tertiary/aromatic N) is 1. The largest absolute Gasteiger partial charge is 0.460 e. The zero-order valence-electron chi connectivity index (χ0n) is 17.7. The topological polar surface area (TPSA) is 72.9 Å². The minimum atomic E-state index is -0.636. The molecule has 2 fully saturated rings. The molecule has 1 aliphatic heterocycles. The van der Waals surface area contributed by atoms with Crippen LogP contribution in [-0.4, -0.2) is 34.5 Å². The second-order valence-electron chi connectivity index (χ2n) is 9.11. The van der Waals surface area contributed by atoms with Crippen LogP contribution in [0.1, 0.15) is 71.5 Å². The van der Waals surface area contributed by atoms with Crippen molar-refractivity contribution in [1.82, 2.24) is 4.90 Å². The van der Waals surface area contributed by atoms with E-state index in [0.29, 0.717) is 0 Å². The van der Waals surface area contributed by atoms with Gasteiger partial charge >= 0.3 is 12.1 Å². The smallest absolute Gasteiger partial charge is 0.417 e. The molecule has 0 spiro atoms. The summed E-state index contributed by atoms with van der Waals surface area (Å²) in [5.41, 5.74) is 0.242. The number of carbonyl (C=O) groups is 3. The van der Waals surface area contributed by atoms with Gasteiger partial charge in [-0.1, -0.05) is 43.2 Å². The summed E-state index contributed by atoms with van der Waals surface area (Å²) in [5.74, 6) is -1.19. The zero-order chi connectivity index (χ0) is 21.2. The molecule has 1 saturated heterocycles. The van der Waals surface area contributed by atoms with Crippen LogP contribution in [0.25, 0.3) is 0 Å². The summed E-state index contributed by atoms with van der Waals surface area (Å²) in [7, 11) is 0. The molecule has 0 bridgehead atoms. The highest BCUT2D eigenvalue weighted by molar-refractivity contribution is 5.96. The maximum absolute atomic E-state index is 13.4. The van der Waals surface area contributed by atoms with Crippen LogP contribution in [-0.2, 0) is 19.1 Å². The lowest BCUT2D eigenvalue weighted by molar-refractivity contribution is -0.159. The van der Waals surface area contributed by atoms with Gasteiger partial charge < -0.3 is 9.47 Å². The molecule has 1 aromatic carbocycles. The summed E-state index contributed by atoms with van der Waals surface area (Å²) in [5, 5.41) is 0. The maximum atomic E-state index is 13.4. The standard InChI is InChI=1S/C23H31NO5/c1-15-20(17-12-6-5-7-13-17)28-22(27)24(15)21(26)18(16-10-8-9-11-16)14-19(25)29-23(2,3)4/h5-7,12-13,15-16,18,20H,8-11,14H2,1-4H3/t15-,18-,20-/m1/s1. The zero-order valence-corrected chi connectivity index (χ0v) is 17.7. The van der Waals surface area contributed by atoms with Gasteiger partial charge in [-0.25, -0.2) is 9.69 Å². The van der Waals surface area contributed by atoms with Crippen molar-refractivity contribution >= 4 is 18.0 Å². The van der Waals surface area contributed by atoms with E-state index in [2.05, 4.69) is 0 Å². The van der Waals surface area contributed by atoms with E-state index < -0.39 is 35.7 Å². The SMILES string of the molecule is C[C@@H]1[C@H](c2ccccc2)OC(=O)N1C(=O)[C@H](CC(=O)OC(C)(C)C)C1CCCC1. The quantitative estimate of drug-likeness (QED) is 0.673. The number of hydrogen-bond donors (Lipinski definition) is 0. The number of amides is 2. The van der Waals surface area contributed by atoms with Crippen LogP contribution in [0.4, 0.5) is 4.79 Å². The Bertz CT molecular complexity index is 748. The number of rotatable bonds is 5. The Morgan fingerprint density at radius 2 is 1.79 bits per heavy atom. The predicted molar refractivity (Wildman–Crippen MR) is 108 cm³/mol. The van der Waals surface area contributed by atoms with Gasteiger partial charge in [-0.15, -0.1) is 0 Å². The third-order valence-corrected chi connectivity index (χ3v) is 5.73. The Morgan fingerprint density at radius 3 is 2.38 bits per heavy atom. The minimum absolute atomic E-state index is 0.00667. The summed E-state index contributed by atoms with van der Waals surface area (Å²) in [6.45, 7) is 7.24. The van der Waals surface area contributed by atoms with Gasteiger partial charge in [0, 0.05) is 0 Å². The normalized spacial score (nSPS) is 23.7. The molecule has 6 nitrogen and oxygen atoms in total. The average molecular weight is 402 g/mol. The van der Waals surface area contributed by atoms with Gasteiger partial charge in [0.25, 0.3) is 0 Å². The summed E-state index contributed by atoms with van der Waals surface area (Å²) < 4.78 is 11.0. The summed E-state index contributed by atoms with van der Waals surface area (Å²) in [4.78, 5) is 39.8. The number of benzene rings is 1. The highest BCUT2D eigenvalue weighted by atomic mass is 16.6. The van der Waals surface area contributed by atoms with Gasteiger partial charge in [0.15, 0.2) is 0 Å². The van der Waals surface area contributed by atoms with Crippen LogP contribution in [0.3, 0.4) is 0 Å². The van der Waals surface area contributed by atoms with E-state index in [4.69, 9.17) is 9.47 Å². The van der Waals surface area contributed by atoms with Crippen molar-refractivity contribution in [3.8, 4) is 0 Å². The Morgan fingerprint density at radius 1 is 1.17 bits per heavy atom. The van der Waals surface area contributed by atoms with E-state index in [0.717, 1.165) is 31.2 Å². The lowest BCUT2D eigenvalue weighted by atomic mass is 9.86. The highest BCUT2D eigenvalue weighted by Crippen LogP contribution is 2.38. The molecule has 1 saturated carbocycles. The number of esters is 1. The van der Waals surface area contributed by atoms with Crippen LogP contribution >= 0.6 is 0 Å². The molecule has 6 heteroatoms. The van der Waals surface area contributed by atoms with Crippen molar-refractivity contribution in [1.29, 1.82) is 0 Å². The van der Waals surface area contributed by atoms with Crippen LogP contribution in [0.15, 0.2) is 30.3 Å². The summed E-state index contributed by atoms with van der Waals surface area (Å²) in [6.07, 6.45) is 2.71. The fraction of sp³-hybridized carbons (Fsp3) is 0.609. The van der Waals surface area contributed by atoms with Crippen molar-refractivity contribution < 1.29 is 23.9 Å². The molecule has 1 aromatic rings. The van der Waals surface area contributed by atoms with E-state index in [-0.39, 0.29) is 18.2 Å². The second kappa shape index (κ2) is 8.56. The molecule has 0 radical (unpaired) electrons. The molecule has 1 heterocycles. The maximum Gasteiger partial charge on any atom is 0.417 e. The molecular weight excluding hydrogens is 370 g/mol. The van der Waals surface area contributed by atoms with Crippen molar-refractivity contribution in [3.05, 3.63) is 35.9 Å². The summed E-state index contributed by atoms with van der Waals surface area (Å²) >= 11 is 0. The molecule has 3 rings (SSSR count). The Kier molecular flexibility index (Phi) is 6.30. The third kappa shape index (κ3) is 4.98. The van der Waals surface area contributed by atoms with Gasteiger partial charge in [0.05, 0.1) is 18.4 Å². The first kappa shape index (κ1) is 21.3. The van der Waals surface area contributed by atoms with Crippen LogP contribution in [0, 0.1) is 11.8 Å². The fourth-order valence-electron chi connectivity index (χ4n) is 4.40. The summed E-state index contributed by atoms with van der Waals surface area (Å²) in [6, 6.07) is 8.99. The molecule has 0 unspecified atom stereocenters. The van der Waals surface area contributed by atoms with E-state index in [1.54, 1.807) is 0 Å². The first-order valence-electron chi connectivity index (χ1n) is 10.5. The van der Waals surface area contributed by atoms with Crippen LogP contribution < -0.4 is 0 Å². The second-order valence-corrected chi connectivity index (χ2v) is 9.11. The minimum Gasteiger partial charge on any atom is -0.460 e. The molecule has 2 aliphatic rings. The molecule has 158 valence electrons. The number of imide groups is 1. The van der Waals surface area contributed by atoms with Gasteiger partial charge in [-0.3, -0.25) is 9.59 Å². The Labute approximate surface area is 172 Å². The van der Waals surface area contributed by atoms with Crippen LogP contribution in [0.5, 0.6) is 0 Å². The van der Waals surface area contributed by atoms with Gasteiger partial charge in [-0.2, -0.15) is 0 Å². The van der Waals surface area contributed by atoms with Gasteiger partial charge in [0.1, 0.15) is 11.7 Å². The molecule has 0 N–H and O–H groups in total. The fourth-order valence-corrected chi connectivity index (χ4v) is 4.40. The van der Waals surface area contributed by atoms with Crippen molar-refractivity contribution in [2.24, 2.45) is 11.8 Å². The molecule has 2 amide bonds. The molecule has 1 aliphatic carbocycles. The number of cyclic esters (lactones) is 1. The Balaban J connectivity index is 1.79. The lowest BCUT2D eigenvalue weighted by Gasteiger charge is -2.28. The van der Waals surface area contributed by atoms with Gasteiger partial charge in [0.2, 0.25) is 5.91 Å². The van der Waals surface area contributed by atoms with E-state index in [1.807, 2.05) is 58.0 Å². The van der Waals surface area contributed by atoms with E-state index >= 15 is 0 Å². The first-order chi connectivity index (χ1) is 13.7. The Hall–Kier alpha value is -2.37. The van der Waals surface area contributed by atoms with Crippen LogP contribution in [0.2, 0.25) is 0 Å². The van der Waals surface area contributed by atoms with Crippen molar-refractivity contribution in [2.75, 3.05) is 0 Å². The molecule has 0 aromatic heterocycles. The van der Waals surface area contributed by atoms with E-state index in [1.165, 1.54) is 4.90 Å². The molecule has 3 atom stereocenters.